The Bertz CT molecular complexity index is 1280. The maximum atomic E-state index is 14.4. The number of aryl methyl sites for hydroxylation is 1. The van der Waals surface area contributed by atoms with Crippen LogP contribution in [0.1, 0.15) is 91.5 Å². The number of hydrogen-bond acceptors (Lipinski definition) is 5. The van der Waals surface area contributed by atoms with Crippen LogP contribution in [0.15, 0.2) is 12.4 Å². The number of ketones is 1. The number of pyridine rings is 1. The Balaban J connectivity index is 2.00. The predicted octanol–water partition coefficient (Wildman–Crippen LogP) is 6.49. The average molecular weight is 591 g/mol. The quantitative estimate of drug-likeness (QED) is 0.369. The van der Waals surface area contributed by atoms with Crippen molar-refractivity contribution in [2.24, 2.45) is 10.8 Å². The van der Waals surface area contributed by atoms with E-state index in [0.717, 1.165) is 15.8 Å². The number of alkyl halides is 3. The maximum Gasteiger partial charge on any atom is 0.433 e. The zero-order chi connectivity index (χ0) is 29.5. The van der Waals surface area contributed by atoms with Gasteiger partial charge in [0.1, 0.15) is 0 Å². The van der Waals surface area contributed by atoms with Crippen molar-refractivity contribution >= 4 is 40.9 Å². The number of carbonyl (C=O) groups is 3. The molecule has 0 spiro atoms. The van der Waals surface area contributed by atoms with Crippen LogP contribution in [0.4, 0.5) is 13.2 Å². The monoisotopic (exact) mass is 590 g/mol. The molecular formula is C26H31Cl2F3N4O4. The highest BCUT2D eigenvalue weighted by Crippen LogP contribution is 2.43. The van der Waals surface area contributed by atoms with Crippen LogP contribution < -0.4 is 0 Å². The standard InChI is InChI=1S/C26H31Cl2F3N4O4/c1-14-20(28)19(17(27)11-32-14)18(36)12-34(13-24(2,3)4)22(37)16-10-33-35(21(16)26(29,30)31)15-6-8-25(5,9-7-15)23(38)39/h10-11,15H,6-9,12-13H2,1-5H3,(H,38,39)/t15-,25-. The van der Waals surface area contributed by atoms with E-state index in [9.17, 15) is 32.7 Å². The molecule has 2 heterocycles. The van der Waals surface area contributed by atoms with E-state index in [1.54, 1.807) is 34.6 Å². The van der Waals surface area contributed by atoms with E-state index < -0.39 is 58.5 Å². The number of aliphatic carboxylic acids is 1. The van der Waals surface area contributed by atoms with Crippen molar-refractivity contribution in [3.8, 4) is 0 Å². The third-order valence-corrected chi connectivity index (χ3v) is 7.68. The molecular weight excluding hydrogens is 560 g/mol. The summed E-state index contributed by atoms with van der Waals surface area (Å²) in [6.07, 6.45) is -2.16. The molecule has 1 amide bonds. The fraction of sp³-hybridized carbons (Fsp3) is 0.577. The van der Waals surface area contributed by atoms with E-state index in [-0.39, 0.29) is 47.8 Å². The highest BCUT2D eigenvalue weighted by atomic mass is 35.5. The molecule has 2 aromatic rings. The molecule has 8 nitrogen and oxygen atoms in total. The lowest BCUT2D eigenvalue weighted by Crippen LogP contribution is -2.42. The summed E-state index contributed by atoms with van der Waals surface area (Å²) in [5, 5.41) is 13.4. The highest BCUT2D eigenvalue weighted by molar-refractivity contribution is 6.40. The molecule has 0 unspecified atom stereocenters. The van der Waals surface area contributed by atoms with Gasteiger partial charge in [-0.3, -0.25) is 24.0 Å². The van der Waals surface area contributed by atoms with Crippen molar-refractivity contribution in [3.63, 3.8) is 0 Å². The van der Waals surface area contributed by atoms with E-state index >= 15 is 0 Å². The largest absolute Gasteiger partial charge is 0.481 e. The number of carbonyl (C=O) groups excluding carboxylic acids is 2. The number of halogens is 5. The van der Waals surface area contributed by atoms with E-state index in [1.165, 1.54) is 6.20 Å². The molecule has 39 heavy (non-hydrogen) atoms. The zero-order valence-electron chi connectivity index (χ0n) is 22.3. The van der Waals surface area contributed by atoms with Gasteiger partial charge in [-0.15, -0.1) is 0 Å². The third-order valence-electron chi connectivity index (χ3n) is 6.93. The second kappa shape index (κ2) is 11.1. The van der Waals surface area contributed by atoms with Gasteiger partial charge in [0.15, 0.2) is 11.5 Å². The maximum absolute atomic E-state index is 14.4. The fourth-order valence-corrected chi connectivity index (χ4v) is 5.34. The lowest BCUT2D eigenvalue weighted by atomic mass is 9.74. The summed E-state index contributed by atoms with van der Waals surface area (Å²) in [6.45, 7) is 7.87. The molecule has 0 aliphatic heterocycles. The molecule has 0 atom stereocenters. The van der Waals surface area contributed by atoms with E-state index in [0.29, 0.717) is 5.69 Å². The second-order valence-corrected chi connectivity index (χ2v) is 12.3. The molecule has 13 heteroatoms. The van der Waals surface area contributed by atoms with E-state index in [2.05, 4.69) is 10.1 Å². The highest BCUT2D eigenvalue weighted by Gasteiger charge is 2.45. The first kappa shape index (κ1) is 30.9. The van der Waals surface area contributed by atoms with Crippen LogP contribution in [0, 0.1) is 17.8 Å². The minimum absolute atomic E-state index is 0.00474. The molecule has 1 fully saturated rings. The van der Waals surface area contributed by atoms with Crippen LogP contribution in [0.5, 0.6) is 0 Å². The van der Waals surface area contributed by atoms with Gasteiger partial charge in [0.2, 0.25) is 0 Å². The third kappa shape index (κ3) is 6.74. The number of rotatable bonds is 7. The molecule has 214 valence electrons. The number of nitrogens with zero attached hydrogens (tertiary/aromatic N) is 4. The minimum atomic E-state index is -4.93. The number of carboxylic acids is 1. The van der Waals surface area contributed by atoms with Gasteiger partial charge in [0, 0.05) is 12.7 Å². The molecule has 0 radical (unpaired) electrons. The normalized spacial score (nSPS) is 20.1. The van der Waals surface area contributed by atoms with Gasteiger partial charge < -0.3 is 10.0 Å². The molecule has 1 aliphatic carbocycles. The van der Waals surface area contributed by atoms with Crippen LogP contribution in [0.25, 0.3) is 0 Å². The SMILES string of the molecule is Cc1ncc(Cl)c(C(=O)CN(CC(C)(C)C)C(=O)c2cnn([C@H]3CC[C@](C)(C(=O)O)CC3)c2C(F)(F)F)c1Cl. The lowest BCUT2D eigenvalue weighted by Gasteiger charge is -2.34. The Morgan fingerprint density at radius 2 is 1.74 bits per heavy atom. The van der Waals surface area contributed by atoms with Gasteiger partial charge in [-0.2, -0.15) is 18.3 Å². The number of hydrogen-bond donors (Lipinski definition) is 1. The Hall–Kier alpha value is -2.66. The number of aromatic nitrogens is 3. The zero-order valence-corrected chi connectivity index (χ0v) is 23.8. The summed E-state index contributed by atoms with van der Waals surface area (Å²) in [7, 11) is 0. The molecule has 1 N–H and O–H groups in total. The number of carboxylic acid groups (broad SMARTS) is 1. The summed E-state index contributed by atoms with van der Waals surface area (Å²) >= 11 is 12.4. The van der Waals surface area contributed by atoms with Crippen LogP contribution in [-0.4, -0.2) is 55.5 Å². The number of Topliss-reactive ketones (excluding diaryl/α,β-unsaturated/α-hetero) is 1. The van der Waals surface area contributed by atoms with Gasteiger partial charge in [0.25, 0.3) is 5.91 Å². The Morgan fingerprint density at radius 3 is 2.26 bits per heavy atom. The van der Waals surface area contributed by atoms with Gasteiger partial charge in [-0.25, -0.2) is 0 Å². The summed E-state index contributed by atoms with van der Waals surface area (Å²) < 4.78 is 43.9. The first-order valence-electron chi connectivity index (χ1n) is 12.4. The number of amides is 1. The topological polar surface area (TPSA) is 105 Å². The van der Waals surface area contributed by atoms with Crippen molar-refractivity contribution in [3.05, 3.63) is 45.0 Å². The fourth-order valence-electron chi connectivity index (χ4n) is 4.79. The summed E-state index contributed by atoms with van der Waals surface area (Å²) in [5.74, 6) is -2.66. The van der Waals surface area contributed by atoms with E-state index in [4.69, 9.17) is 23.2 Å². The minimum Gasteiger partial charge on any atom is -0.481 e. The van der Waals surface area contributed by atoms with Crippen molar-refractivity contribution < 1.29 is 32.7 Å². The summed E-state index contributed by atoms with van der Waals surface area (Å²) in [4.78, 5) is 43.5. The summed E-state index contributed by atoms with van der Waals surface area (Å²) in [5.41, 5.74) is -3.24. The van der Waals surface area contributed by atoms with Crippen molar-refractivity contribution in [1.82, 2.24) is 19.7 Å². The smallest absolute Gasteiger partial charge is 0.433 e. The molecule has 2 aromatic heterocycles. The molecule has 0 bridgehead atoms. The van der Waals surface area contributed by atoms with Gasteiger partial charge in [-0.1, -0.05) is 44.0 Å². The first-order chi connectivity index (χ1) is 17.9. The average Bonchev–Trinajstić information content (AvgIpc) is 3.26. The van der Waals surface area contributed by atoms with Gasteiger partial charge in [-0.05, 0) is 44.9 Å². The molecule has 0 aromatic carbocycles. The Labute approximate surface area is 234 Å². The van der Waals surface area contributed by atoms with Crippen LogP contribution in [0.2, 0.25) is 10.0 Å². The molecule has 1 aliphatic rings. The van der Waals surface area contributed by atoms with Crippen molar-refractivity contribution in [2.75, 3.05) is 13.1 Å². The Kier molecular flexibility index (Phi) is 8.77. The van der Waals surface area contributed by atoms with Crippen LogP contribution in [-0.2, 0) is 11.0 Å². The van der Waals surface area contributed by atoms with E-state index in [1.807, 2.05) is 0 Å². The molecule has 1 saturated carbocycles. The molecule has 3 rings (SSSR count). The summed E-state index contributed by atoms with van der Waals surface area (Å²) in [6, 6.07) is -0.731. The van der Waals surface area contributed by atoms with Crippen LogP contribution in [0.3, 0.4) is 0 Å². The second-order valence-electron chi connectivity index (χ2n) is 11.5. The Morgan fingerprint density at radius 1 is 1.15 bits per heavy atom. The lowest BCUT2D eigenvalue weighted by molar-refractivity contribution is -0.152. The first-order valence-corrected chi connectivity index (χ1v) is 13.1. The van der Waals surface area contributed by atoms with Crippen molar-refractivity contribution in [1.29, 1.82) is 0 Å². The predicted molar refractivity (Wildman–Crippen MR) is 139 cm³/mol. The van der Waals surface area contributed by atoms with Crippen molar-refractivity contribution in [2.45, 2.75) is 72.5 Å². The van der Waals surface area contributed by atoms with Crippen LogP contribution >= 0.6 is 23.2 Å². The molecule has 0 saturated heterocycles. The van der Waals surface area contributed by atoms with Gasteiger partial charge in [0.05, 0.1) is 51.1 Å². The van der Waals surface area contributed by atoms with Gasteiger partial charge >= 0.3 is 12.1 Å².